The minimum absolute atomic E-state index is 0.000669. The standard InChI is InChI=1S/C11H18NP/c1-9(2)12-10-7-5-6-8-11(10)13(3)4/h7-8,12H,1,5-6H2,2-4H3. The number of nitrogens with one attached hydrogen (secondary N) is 1. The lowest BCUT2D eigenvalue weighted by atomic mass is 10.1. The van der Waals surface area contributed by atoms with Gasteiger partial charge >= 0.3 is 0 Å². The lowest BCUT2D eigenvalue weighted by Gasteiger charge is -2.21. The molecule has 0 aromatic heterocycles. The van der Waals surface area contributed by atoms with Gasteiger partial charge in [0.15, 0.2) is 0 Å². The Labute approximate surface area is 82.4 Å². The largest absolute Gasteiger partial charge is 0.359 e. The molecule has 1 aliphatic rings. The van der Waals surface area contributed by atoms with Gasteiger partial charge in [0, 0.05) is 11.4 Å². The van der Waals surface area contributed by atoms with Crippen molar-refractivity contribution in [3.05, 3.63) is 35.4 Å². The first-order valence-corrected chi connectivity index (χ1v) is 6.85. The van der Waals surface area contributed by atoms with Crippen LogP contribution in [0.4, 0.5) is 0 Å². The van der Waals surface area contributed by atoms with Gasteiger partial charge in [-0.3, -0.25) is 0 Å². The zero-order chi connectivity index (χ0) is 9.84. The topological polar surface area (TPSA) is 12.0 Å². The van der Waals surface area contributed by atoms with Crippen LogP contribution in [0.25, 0.3) is 0 Å². The molecule has 1 rings (SSSR count). The van der Waals surface area contributed by atoms with Gasteiger partial charge in [0.25, 0.3) is 0 Å². The summed E-state index contributed by atoms with van der Waals surface area (Å²) in [6, 6.07) is 0. The van der Waals surface area contributed by atoms with Crippen molar-refractivity contribution in [3.8, 4) is 0 Å². The molecule has 0 aromatic carbocycles. The molecule has 0 saturated heterocycles. The molecule has 1 N–H and O–H groups in total. The van der Waals surface area contributed by atoms with Crippen molar-refractivity contribution in [1.82, 2.24) is 5.32 Å². The van der Waals surface area contributed by atoms with E-state index < -0.39 is 0 Å². The van der Waals surface area contributed by atoms with E-state index in [1.807, 2.05) is 6.92 Å². The highest BCUT2D eigenvalue weighted by molar-refractivity contribution is 7.60. The van der Waals surface area contributed by atoms with E-state index in [9.17, 15) is 0 Å². The SMILES string of the molecule is C=C(C)NC1=CCCC=C1P(C)C. The Bertz CT molecular complexity index is 261. The fourth-order valence-electron chi connectivity index (χ4n) is 1.43. The van der Waals surface area contributed by atoms with Crippen molar-refractivity contribution in [1.29, 1.82) is 0 Å². The highest BCUT2D eigenvalue weighted by atomic mass is 31.1. The lowest BCUT2D eigenvalue weighted by Crippen LogP contribution is -2.12. The zero-order valence-corrected chi connectivity index (χ0v) is 9.62. The summed E-state index contributed by atoms with van der Waals surface area (Å²) in [4.78, 5) is 0. The summed E-state index contributed by atoms with van der Waals surface area (Å²) in [5.74, 6) is 0. The molecule has 0 bridgehead atoms. The first-order valence-electron chi connectivity index (χ1n) is 4.62. The molecule has 0 fully saturated rings. The number of allylic oxidation sites excluding steroid dienone is 4. The van der Waals surface area contributed by atoms with Crippen molar-refractivity contribution < 1.29 is 0 Å². The molecule has 0 saturated carbocycles. The summed E-state index contributed by atoms with van der Waals surface area (Å²) in [5, 5.41) is 4.82. The molecule has 0 heterocycles. The van der Waals surface area contributed by atoms with Crippen LogP contribution in [0.2, 0.25) is 0 Å². The fourth-order valence-corrected chi connectivity index (χ4v) is 2.55. The monoisotopic (exact) mass is 195 g/mol. The van der Waals surface area contributed by atoms with Crippen LogP contribution in [0.5, 0.6) is 0 Å². The van der Waals surface area contributed by atoms with Gasteiger partial charge < -0.3 is 5.32 Å². The van der Waals surface area contributed by atoms with Crippen molar-refractivity contribution in [2.75, 3.05) is 13.3 Å². The third-order valence-electron chi connectivity index (χ3n) is 1.96. The minimum atomic E-state index is 0.000669. The second-order valence-corrected chi connectivity index (χ2v) is 5.85. The van der Waals surface area contributed by atoms with Gasteiger partial charge in [0.2, 0.25) is 0 Å². The van der Waals surface area contributed by atoms with Crippen LogP contribution in [0.3, 0.4) is 0 Å². The van der Waals surface area contributed by atoms with Gasteiger partial charge in [0.05, 0.1) is 0 Å². The van der Waals surface area contributed by atoms with E-state index >= 15 is 0 Å². The average Bonchev–Trinajstić information content (AvgIpc) is 2.03. The molecule has 1 nitrogen and oxygen atoms in total. The minimum Gasteiger partial charge on any atom is -0.359 e. The van der Waals surface area contributed by atoms with Crippen molar-refractivity contribution in [2.45, 2.75) is 19.8 Å². The zero-order valence-electron chi connectivity index (χ0n) is 8.72. The molecule has 0 atom stereocenters. The van der Waals surface area contributed by atoms with E-state index in [0.29, 0.717) is 0 Å². The van der Waals surface area contributed by atoms with Crippen LogP contribution in [0.15, 0.2) is 35.4 Å². The Morgan fingerprint density at radius 1 is 1.38 bits per heavy atom. The van der Waals surface area contributed by atoms with Crippen LogP contribution in [0.1, 0.15) is 19.8 Å². The quantitative estimate of drug-likeness (QED) is 0.680. The fraction of sp³-hybridized carbons (Fsp3) is 0.455. The summed E-state index contributed by atoms with van der Waals surface area (Å²) >= 11 is 0. The van der Waals surface area contributed by atoms with E-state index in [1.54, 1.807) is 0 Å². The van der Waals surface area contributed by atoms with Crippen molar-refractivity contribution in [2.24, 2.45) is 0 Å². The normalized spacial score (nSPS) is 16.6. The van der Waals surface area contributed by atoms with Gasteiger partial charge in [-0.05, 0) is 38.4 Å². The predicted molar refractivity (Wildman–Crippen MR) is 62.1 cm³/mol. The average molecular weight is 195 g/mol. The molecule has 2 heteroatoms. The van der Waals surface area contributed by atoms with E-state index in [-0.39, 0.29) is 7.92 Å². The Morgan fingerprint density at radius 2 is 2.00 bits per heavy atom. The summed E-state index contributed by atoms with van der Waals surface area (Å²) in [7, 11) is 0.000669. The van der Waals surface area contributed by atoms with E-state index in [4.69, 9.17) is 0 Å². The highest BCUT2D eigenvalue weighted by Crippen LogP contribution is 2.42. The van der Waals surface area contributed by atoms with Crippen LogP contribution in [0, 0.1) is 0 Å². The second-order valence-electron chi connectivity index (χ2n) is 3.58. The molecule has 0 radical (unpaired) electrons. The van der Waals surface area contributed by atoms with Crippen molar-refractivity contribution >= 4 is 7.92 Å². The van der Waals surface area contributed by atoms with E-state index in [2.05, 4.69) is 37.4 Å². The van der Waals surface area contributed by atoms with E-state index in [0.717, 1.165) is 12.1 Å². The number of rotatable bonds is 3. The molecule has 0 unspecified atom stereocenters. The highest BCUT2D eigenvalue weighted by Gasteiger charge is 2.11. The Kier molecular flexibility index (Phi) is 3.74. The molecular formula is C11H18NP. The maximum Gasteiger partial charge on any atom is 0.0415 e. The maximum atomic E-state index is 3.87. The van der Waals surface area contributed by atoms with Gasteiger partial charge in [-0.25, -0.2) is 0 Å². The first-order chi connectivity index (χ1) is 6.11. The third kappa shape index (κ3) is 3.00. The molecule has 0 aliphatic heterocycles. The van der Waals surface area contributed by atoms with E-state index in [1.165, 1.54) is 17.4 Å². The Hall–Kier alpha value is -0.550. The first kappa shape index (κ1) is 10.5. The summed E-state index contributed by atoms with van der Waals surface area (Å²) in [6.07, 6.45) is 6.99. The molecule has 0 spiro atoms. The van der Waals surface area contributed by atoms with Crippen LogP contribution >= 0.6 is 7.92 Å². The summed E-state index contributed by atoms with van der Waals surface area (Å²) < 4.78 is 0. The maximum absolute atomic E-state index is 3.87. The molecule has 0 aromatic rings. The Balaban J connectivity index is 2.75. The molecular weight excluding hydrogens is 177 g/mol. The summed E-state index contributed by atoms with van der Waals surface area (Å²) in [6.45, 7) is 10.5. The third-order valence-corrected chi connectivity index (χ3v) is 3.35. The summed E-state index contributed by atoms with van der Waals surface area (Å²) in [5.41, 5.74) is 2.31. The van der Waals surface area contributed by atoms with Crippen LogP contribution < -0.4 is 5.32 Å². The molecule has 72 valence electrons. The van der Waals surface area contributed by atoms with Crippen molar-refractivity contribution in [3.63, 3.8) is 0 Å². The van der Waals surface area contributed by atoms with Crippen LogP contribution in [-0.4, -0.2) is 13.3 Å². The number of hydrogen-bond donors (Lipinski definition) is 1. The Morgan fingerprint density at radius 3 is 2.54 bits per heavy atom. The number of hydrogen-bond acceptors (Lipinski definition) is 1. The lowest BCUT2D eigenvalue weighted by molar-refractivity contribution is 0.928. The second kappa shape index (κ2) is 4.62. The van der Waals surface area contributed by atoms with Gasteiger partial charge in [0.1, 0.15) is 0 Å². The van der Waals surface area contributed by atoms with Gasteiger partial charge in [-0.2, -0.15) is 0 Å². The predicted octanol–water partition coefficient (Wildman–Crippen LogP) is 3.41. The van der Waals surface area contributed by atoms with Crippen LogP contribution in [-0.2, 0) is 0 Å². The molecule has 13 heavy (non-hydrogen) atoms. The van der Waals surface area contributed by atoms with Gasteiger partial charge in [-0.15, -0.1) is 0 Å². The molecule has 0 amide bonds. The van der Waals surface area contributed by atoms with Gasteiger partial charge in [-0.1, -0.05) is 26.7 Å². The smallest absolute Gasteiger partial charge is 0.0415 e. The molecule has 1 aliphatic carbocycles.